The number of allylic oxidation sites excluding steroid dienone is 1. The molecule has 3 heterocycles. The van der Waals surface area contributed by atoms with Crippen LogP contribution in [-0.4, -0.2) is 66.5 Å². The van der Waals surface area contributed by atoms with Gasteiger partial charge in [-0.25, -0.2) is 17.6 Å². The highest BCUT2D eigenvalue weighted by atomic mass is 19.2. The average molecular weight is 531 g/mol. The van der Waals surface area contributed by atoms with Gasteiger partial charge >= 0.3 is 0 Å². The molecule has 0 fully saturated rings. The molecule has 3 aliphatic rings. The van der Waals surface area contributed by atoms with Gasteiger partial charge in [-0.1, -0.05) is 0 Å². The number of aliphatic hydroxyl groups excluding tert-OH is 1. The molecule has 0 aromatic heterocycles. The van der Waals surface area contributed by atoms with Crippen LogP contribution in [0.2, 0.25) is 0 Å². The summed E-state index contributed by atoms with van der Waals surface area (Å²) in [7, 11) is 3.90. The molecule has 2 aromatic rings. The summed E-state index contributed by atoms with van der Waals surface area (Å²) in [5.74, 6) is -5.50. The van der Waals surface area contributed by atoms with Gasteiger partial charge in [0.25, 0.3) is 5.91 Å². The van der Waals surface area contributed by atoms with Crippen molar-refractivity contribution in [2.45, 2.75) is 19.2 Å². The number of aliphatic imine (C=N–C) groups is 1. The number of nitrogens with one attached hydrogen (secondary N) is 3. The Hall–Kier alpha value is -3.90. The summed E-state index contributed by atoms with van der Waals surface area (Å²) in [5.41, 5.74) is 2.75. The van der Waals surface area contributed by atoms with E-state index in [0.29, 0.717) is 47.1 Å². The first kappa shape index (κ1) is 25.7. The van der Waals surface area contributed by atoms with Crippen molar-refractivity contribution in [3.05, 3.63) is 81.8 Å². The molecule has 0 aliphatic carbocycles. The summed E-state index contributed by atoms with van der Waals surface area (Å²) in [5, 5.41) is 19.8. The lowest BCUT2D eigenvalue weighted by Gasteiger charge is -2.22. The van der Waals surface area contributed by atoms with Crippen molar-refractivity contribution in [3.8, 4) is 0 Å². The Morgan fingerprint density at radius 1 is 1.08 bits per heavy atom. The highest BCUT2D eigenvalue weighted by Gasteiger charge is 2.32. The Kier molecular flexibility index (Phi) is 6.84. The minimum absolute atomic E-state index is 0.0506. The van der Waals surface area contributed by atoms with Gasteiger partial charge in [0.15, 0.2) is 29.5 Å². The molecule has 0 radical (unpaired) electrons. The van der Waals surface area contributed by atoms with E-state index >= 15 is 0 Å². The molecule has 1 atom stereocenters. The summed E-state index contributed by atoms with van der Waals surface area (Å²) in [6, 6.07) is 3.81. The molecular weight excluding hydrogens is 504 g/mol. The molecule has 12 heteroatoms. The van der Waals surface area contributed by atoms with Crippen molar-refractivity contribution in [2.24, 2.45) is 4.99 Å². The van der Waals surface area contributed by atoms with Gasteiger partial charge in [0.1, 0.15) is 5.82 Å². The third-order valence-electron chi connectivity index (χ3n) is 6.62. The zero-order valence-corrected chi connectivity index (χ0v) is 20.7. The van der Waals surface area contributed by atoms with E-state index in [2.05, 4.69) is 20.9 Å². The van der Waals surface area contributed by atoms with E-state index in [4.69, 9.17) is 0 Å². The predicted octanol–water partition coefficient (Wildman–Crippen LogP) is 2.93. The maximum absolute atomic E-state index is 14.0. The molecule has 0 spiro atoms. The van der Waals surface area contributed by atoms with Gasteiger partial charge < -0.3 is 30.9 Å². The third kappa shape index (κ3) is 4.72. The largest absolute Gasteiger partial charge is 0.369 e. The fourth-order valence-electron chi connectivity index (χ4n) is 4.63. The van der Waals surface area contributed by atoms with Gasteiger partial charge in [0, 0.05) is 49.6 Å². The zero-order chi connectivity index (χ0) is 27.1. The van der Waals surface area contributed by atoms with Crippen LogP contribution in [0.15, 0.2) is 46.9 Å². The van der Waals surface area contributed by atoms with Gasteiger partial charge in [-0.15, -0.1) is 0 Å². The van der Waals surface area contributed by atoms with Crippen molar-refractivity contribution >= 4 is 23.0 Å². The highest BCUT2D eigenvalue weighted by Crippen LogP contribution is 2.38. The Bertz CT molecular complexity index is 1380. The zero-order valence-electron chi connectivity index (χ0n) is 20.7. The number of rotatable bonds is 6. The summed E-state index contributed by atoms with van der Waals surface area (Å²) in [6.07, 6.45) is 1.47. The van der Waals surface area contributed by atoms with Crippen LogP contribution in [0.5, 0.6) is 0 Å². The minimum Gasteiger partial charge on any atom is -0.369 e. The van der Waals surface area contributed by atoms with Crippen LogP contribution < -0.4 is 16.0 Å². The van der Waals surface area contributed by atoms with Crippen molar-refractivity contribution in [3.63, 3.8) is 0 Å². The molecule has 1 unspecified atom stereocenters. The standard InChI is InChI=1S/C26H26F4N6O2/c1-35(2)7-8-36-12-13-9-19-20(10-15(13)26(36)38)34-24(33-19)21-18(4-6-32-25(21)37)31-5-3-14-22(29)16(27)11-17(28)23(14)30/h4,6,9-11,25,32-34,37H,3,5,7-8,12H2,1-2H3/b24-21-,31-18+. The molecule has 3 aliphatic heterocycles. The Morgan fingerprint density at radius 3 is 2.45 bits per heavy atom. The first-order chi connectivity index (χ1) is 18.1. The molecule has 0 bridgehead atoms. The summed E-state index contributed by atoms with van der Waals surface area (Å²) in [6.45, 7) is 1.66. The maximum atomic E-state index is 14.0. The second-order valence-electron chi connectivity index (χ2n) is 9.49. The van der Waals surface area contributed by atoms with E-state index in [1.807, 2.05) is 25.1 Å². The van der Waals surface area contributed by atoms with Gasteiger partial charge in [-0.05, 0) is 44.3 Å². The smallest absolute Gasteiger partial charge is 0.254 e. The lowest BCUT2D eigenvalue weighted by molar-refractivity contribution is 0.0768. The molecular formula is C26H26F4N6O2. The topological polar surface area (TPSA) is 92.2 Å². The SMILES string of the molecule is CN(C)CCN1Cc2cc3c(cc2C1=O)N/C(=C1/C(=N/CCc2c(F)c(F)cc(F)c2F)C=CNC1O)N3. The second-order valence-corrected chi connectivity index (χ2v) is 9.49. The quantitative estimate of drug-likeness (QED) is 0.339. The van der Waals surface area contributed by atoms with Crippen LogP contribution in [0, 0.1) is 23.3 Å². The maximum Gasteiger partial charge on any atom is 0.254 e. The predicted molar refractivity (Wildman–Crippen MR) is 135 cm³/mol. The third-order valence-corrected chi connectivity index (χ3v) is 6.62. The molecule has 0 saturated heterocycles. The van der Waals surface area contributed by atoms with E-state index in [1.165, 1.54) is 6.20 Å². The molecule has 8 nitrogen and oxygen atoms in total. The van der Waals surface area contributed by atoms with Gasteiger partial charge in [0.05, 0.1) is 22.7 Å². The van der Waals surface area contributed by atoms with Crippen molar-refractivity contribution in [1.29, 1.82) is 0 Å². The Balaban J connectivity index is 1.37. The number of hydrogen-bond acceptors (Lipinski definition) is 7. The monoisotopic (exact) mass is 530 g/mol. The minimum atomic E-state index is -1.48. The number of aliphatic hydroxyl groups is 1. The highest BCUT2D eigenvalue weighted by molar-refractivity contribution is 6.11. The van der Waals surface area contributed by atoms with Crippen molar-refractivity contribution in [2.75, 3.05) is 44.4 Å². The Labute approximate surface area is 216 Å². The van der Waals surface area contributed by atoms with E-state index in [-0.39, 0.29) is 18.5 Å². The van der Waals surface area contributed by atoms with E-state index in [0.717, 1.165) is 12.1 Å². The summed E-state index contributed by atoms with van der Waals surface area (Å²) < 4.78 is 55.1. The number of anilines is 2. The van der Waals surface area contributed by atoms with Crippen LogP contribution in [0.1, 0.15) is 21.5 Å². The van der Waals surface area contributed by atoms with Crippen molar-refractivity contribution < 1.29 is 27.5 Å². The fraction of sp³-hybridized carbons (Fsp3) is 0.308. The van der Waals surface area contributed by atoms with Crippen LogP contribution in [-0.2, 0) is 13.0 Å². The number of nitrogens with zero attached hydrogens (tertiary/aromatic N) is 3. The molecule has 0 saturated carbocycles. The van der Waals surface area contributed by atoms with E-state index in [9.17, 15) is 27.5 Å². The fourth-order valence-corrected chi connectivity index (χ4v) is 4.63. The lowest BCUT2D eigenvalue weighted by Crippen LogP contribution is -2.36. The molecule has 1 amide bonds. The Morgan fingerprint density at radius 2 is 1.76 bits per heavy atom. The summed E-state index contributed by atoms with van der Waals surface area (Å²) >= 11 is 0. The number of amides is 1. The van der Waals surface area contributed by atoms with Crippen molar-refractivity contribution in [1.82, 2.24) is 15.1 Å². The first-order valence-corrected chi connectivity index (χ1v) is 12.0. The van der Waals surface area contributed by atoms with Gasteiger partial charge in [-0.3, -0.25) is 9.79 Å². The van der Waals surface area contributed by atoms with Crippen LogP contribution >= 0.6 is 0 Å². The molecule has 4 N–H and O–H groups in total. The first-order valence-electron chi connectivity index (χ1n) is 12.0. The van der Waals surface area contributed by atoms with Crippen LogP contribution in [0.3, 0.4) is 0 Å². The normalized spacial score (nSPS) is 21.1. The van der Waals surface area contributed by atoms with Crippen LogP contribution in [0.25, 0.3) is 0 Å². The number of benzene rings is 2. The molecule has 38 heavy (non-hydrogen) atoms. The second kappa shape index (κ2) is 10.1. The molecule has 2 aromatic carbocycles. The number of fused-ring (bicyclic) bond motifs is 2. The molecule has 200 valence electrons. The number of likely N-dealkylation sites (N-methyl/N-ethyl adjacent to an activating group) is 1. The average Bonchev–Trinajstić information content (AvgIpc) is 3.42. The van der Waals surface area contributed by atoms with Gasteiger partial charge in [-0.2, -0.15) is 0 Å². The lowest BCUT2D eigenvalue weighted by atomic mass is 10.1. The number of halogens is 4. The van der Waals surface area contributed by atoms with E-state index < -0.39 is 41.5 Å². The molecule has 5 rings (SSSR count). The van der Waals surface area contributed by atoms with E-state index in [1.54, 1.807) is 17.0 Å². The number of carbonyl (C=O) groups excluding carboxylic acids is 1. The number of carbonyl (C=O) groups is 1. The van der Waals surface area contributed by atoms with Gasteiger partial charge in [0.2, 0.25) is 0 Å². The van der Waals surface area contributed by atoms with Crippen LogP contribution in [0.4, 0.5) is 28.9 Å². The number of hydrogen-bond donors (Lipinski definition) is 4. The summed E-state index contributed by atoms with van der Waals surface area (Å²) in [4.78, 5) is 21.0.